The molecule has 0 radical (unpaired) electrons. The zero-order valence-corrected chi connectivity index (χ0v) is 16.1. The summed E-state index contributed by atoms with van der Waals surface area (Å²) >= 11 is 0. The van der Waals surface area contributed by atoms with E-state index in [0.29, 0.717) is 21.8 Å². The molecule has 7 nitrogen and oxygen atoms in total. The van der Waals surface area contributed by atoms with E-state index < -0.39 is 27.8 Å². The molecule has 2 heterocycles. The lowest BCUT2D eigenvalue weighted by Crippen LogP contribution is -2.39. The molecule has 0 amide bonds. The fourth-order valence-corrected chi connectivity index (χ4v) is 4.88. The Kier molecular flexibility index (Phi) is 4.55. The molecule has 1 unspecified atom stereocenters. The summed E-state index contributed by atoms with van der Waals surface area (Å²) in [5.41, 5.74) is 1.14. The van der Waals surface area contributed by atoms with Gasteiger partial charge in [-0.25, -0.2) is 21.5 Å². The van der Waals surface area contributed by atoms with Crippen LogP contribution in [-0.2, 0) is 21.3 Å². The summed E-state index contributed by atoms with van der Waals surface area (Å²) in [5, 5.41) is 20.3. The molecule has 0 saturated carbocycles. The number of methoxy groups -OCH3 is 1. The quantitative estimate of drug-likeness (QED) is 0.662. The number of aromatic nitrogens is 1. The van der Waals surface area contributed by atoms with Crippen LogP contribution in [0.3, 0.4) is 0 Å². The van der Waals surface area contributed by atoms with Gasteiger partial charge in [-0.05, 0) is 36.4 Å². The van der Waals surface area contributed by atoms with E-state index in [-0.39, 0.29) is 24.7 Å². The predicted octanol–water partition coefficient (Wildman–Crippen LogP) is 2.54. The van der Waals surface area contributed by atoms with Crippen molar-refractivity contribution < 1.29 is 27.0 Å². The minimum absolute atomic E-state index is 0.0428. The Morgan fingerprint density at radius 1 is 1.07 bits per heavy atom. The van der Waals surface area contributed by atoms with E-state index in [4.69, 9.17) is 10.1 Å². The molecule has 1 aliphatic heterocycles. The van der Waals surface area contributed by atoms with Crippen LogP contribution in [0.25, 0.3) is 21.8 Å². The van der Waals surface area contributed by atoms with Gasteiger partial charge in [0.1, 0.15) is 11.6 Å². The van der Waals surface area contributed by atoms with Crippen LogP contribution < -0.4 is 0 Å². The monoisotopic (exact) mass is 421 g/mol. The maximum absolute atomic E-state index is 13.7. The number of nitrogens with zero attached hydrogens (tertiary/aromatic N) is 2. The largest absolute Gasteiger partial charge is 0.492 e. The summed E-state index contributed by atoms with van der Waals surface area (Å²) in [7, 11) is -2.66. The first-order valence-electron chi connectivity index (χ1n) is 8.63. The van der Waals surface area contributed by atoms with Gasteiger partial charge in [0.15, 0.2) is 11.6 Å². The average molecular weight is 421 g/mol. The van der Waals surface area contributed by atoms with Gasteiger partial charge >= 0.3 is 0 Å². The Balaban J connectivity index is 1.70. The van der Waals surface area contributed by atoms with Gasteiger partial charge in [-0.2, -0.15) is 0 Å². The average Bonchev–Trinajstić information content (AvgIpc) is 3.07. The Labute approximate surface area is 165 Å². The molecule has 1 atom stereocenters. The normalized spacial score (nSPS) is 17.2. The van der Waals surface area contributed by atoms with Crippen molar-refractivity contribution in [1.29, 1.82) is 5.41 Å². The lowest BCUT2D eigenvalue weighted by Gasteiger charge is -2.22. The van der Waals surface area contributed by atoms with Crippen molar-refractivity contribution in [2.45, 2.75) is 12.6 Å². The maximum Gasteiger partial charge on any atom is 0.262 e. The summed E-state index contributed by atoms with van der Waals surface area (Å²) in [6.45, 7) is -0.410. The second-order valence-corrected chi connectivity index (χ2v) is 8.40. The molecule has 4 rings (SSSR count). The number of amidine groups is 1. The lowest BCUT2D eigenvalue weighted by atomic mass is 10.1. The first-order valence-corrected chi connectivity index (χ1v) is 10.1. The highest BCUT2D eigenvalue weighted by atomic mass is 32.2. The highest BCUT2D eigenvalue weighted by Gasteiger charge is 2.35. The number of hydrogen-bond acceptors (Lipinski definition) is 5. The zero-order chi connectivity index (χ0) is 20.9. The molecule has 0 fully saturated rings. The molecule has 29 heavy (non-hydrogen) atoms. The summed E-state index contributed by atoms with van der Waals surface area (Å²) in [5.74, 6) is -1.43. The van der Waals surface area contributed by atoms with E-state index in [1.165, 1.54) is 43.5 Å². The standard InChI is InChI=1S/C19H17F2N3O4S/c1-28-18-10-29(26,27)24(19(18)22)9-13(25)8-23-16-4-2-11(20)6-14(16)15-7-12(21)3-5-17(15)23/h2-7,10,13,22,25H,8-9H2,1H3. The lowest BCUT2D eigenvalue weighted by molar-refractivity contribution is 0.144. The van der Waals surface area contributed by atoms with Crippen molar-refractivity contribution in [1.82, 2.24) is 8.87 Å². The van der Waals surface area contributed by atoms with Crippen LogP contribution >= 0.6 is 0 Å². The van der Waals surface area contributed by atoms with Crippen molar-refractivity contribution in [3.63, 3.8) is 0 Å². The molecule has 152 valence electrons. The van der Waals surface area contributed by atoms with Crippen molar-refractivity contribution in [3.05, 3.63) is 59.2 Å². The fourth-order valence-electron chi connectivity index (χ4n) is 3.55. The Bertz CT molecular complexity index is 1220. The van der Waals surface area contributed by atoms with E-state index in [2.05, 4.69) is 0 Å². The summed E-state index contributed by atoms with van der Waals surface area (Å²) in [6.07, 6.45) is -1.19. The van der Waals surface area contributed by atoms with E-state index in [1.807, 2.05) is 0 Å². The maximum atomic E-state index is 13.7. The fraction of sp³-hybridized carbons (Fsp3) is 0.211. The predicted molar refractivity (Wildman–Crippen MR) is 104 cm³/mol. The van der Waals surface area contributed by atoms with Gasteiger partial charge < -0.3 is 14.4 Å². The molecule has 1 aromatic heterocycles. The Morgan fingerprint density at radius 2 is 1.62 bits per heavy atom. The highest BCUT2D eigenvalue weighted by Crippen LogP contribution is 2.31. The molecule has 0 bridgehead atoms. The van der Waals surface area contributed by atoms with Crippen molar-refractivity contribution in [2.75, 3.05) is 13.7 Å². The second kappa shape index (κ2) is 6.82. The van der Waals surface area contributed by atoms with Gasteiger partial charge in [0.25, 0.3) is 10.0 Å². The van der Waals surface area contributed by atoms with E-state index in [1.54, 1.807) is 4.57 Å². The Morgan fingerprint density at radius 3 is 2.10 bits per heavy atom. The molecule has 0 saturated heterocycles. The van der Waals surface area contributed by atoms with Gasteiger partial charge in [0.2, 0.25) is 0 Å². The van der Waals surface area contributed by atoms with Crippen LogP contribution in [0.5, 0.6) is 0 Å². The van der Waals surface area contributed by atoms with Crippen molar-refractivity contribution in [2.24, 2.45) is 0 Å². The number of sulfonamides is 1. The third-order valence-electron chi connectivity index (χ3n) is 4.82. The summed E-state index contributed by atoms with van der Waals surface area (Å²) < 4.78 is 59.2. The molecule has 3 aromatic rings. The highest BCUT2D eigenvalue weighted by molar-refractivity contribution is 7.93. The number of halogens is 2. The van der Waals surface area contributed by atoms with Crippen LogP contribution in [0.4, 0.5) is 8.78 Å². The first-order chi connectivity index (χ1) is 13.7. The van der Waals surface area contributed by atoms with E-state index in [0.717, 1.165) is 9.71 Å². The van der Waals surface area contributed by atoms with Crippen LogP contribution in [-0.4, -0.2) is 48.0 Å². The van der Waals surface area contributed by atoms with E-state index >= 15 is 0 Å². The Hall–Kier alpha value is -2.98. The van der Waals surface area contributed by atoms with Crippen LogP contribution in [0, 0.1) is 17.0 Å². The molecule has 10 heteroatoms. The molecule has 0 aliphatic carbocycles. The van der Waals surface area contributed by atoms with Crippen LogP contribution in [0.2, 0.25) is 0 Å². The number of β-amino-alcohol motifs (C(OH)–C–C–N with tert-alkyl or cyclic N) is 1. The van der Waals surface area contributed by atoms with Gasteiger partial charge in [-0.15, -0.1) is 0 Å². The molecular formula is C19H17F2N3O4S. The number of aliphatic hydroxyl groups is 1. The minimum Gasteiger partial charge on any atom is -0.492 e. The van der Waals surface area contributed by atoms with Gasteiger partial charge in [0.05, 0.1) is 31.7 Å². The number of ether oxygens (including phenoxy) is 1. The number of benzene rings is 2. The summed E-state index contributed by atoms with van der Waals surface area (Å²) in [4.78, 5) is 0. The smallest absolute Gasteiger partial charge is 0.262 e. The van der Waals surface area contributed by atoms with Crippen LogP contribution in [0.15, 0.2) is 47.6 Å². The molecule has 2 aromatic carbocycles. The van der Waals surface area contributed by atoms with Gasteiger partial charge in [-0.1, -0.05) is 0 Å². The summed E-state index contributed by atoms with van der Waals surface area (Å²) in [6, 6.07) is 8.14. The number of nitrogens with one attached hydrogen (secondary N) is 1. The number of fused-ring (bicyclic) bond motifs is 3. The SMILES string of the molecule is COC1=CS(=O)(=O)N(CC(O)Cn2c3ccc(F)cc3c3cc(F)ccc32)C1=N. The molecule has 2 N–H and O–H groups in total. The third-order valence-corrected chi connectivity index (χ3v) is 6.28. The van der Waals surface area contributed by atoms with Crippen molar-refractivity contribution in [3.8, 4) is 0 Å². The number of hydrogen-bond donors (Lipinski definition) is 2. The van der Waals surface area contributed by atoms with Gasteiger partial charge in [-0.3, -0.25) is 5.41 Å². The number of aliphatic hydroxyl groups excluding tert-OH is 1. The molecular weight excluding hydrogens is 404 g/mol. The zero-order valence-electron chi connectivity index (χ0n) is 15.3. The first kappa shape index (κ1) is 19.3. The topological polar surface area (TPSA) is 95.6 Å². The van der Waals surface area contributed by atoms with E-state index in [9.17, 15) is 22.3 Å². The molecule has 1 aliphatic rings. The third kappa shape index (κ3) is 3.23. The van der Waals surface area contributed by atoms with Crippen LogP contribution in [0.1, 0.15) is 0 Å². The number of rotatable bonds is 5. The second-order valence-electron chi connectivity index (χ2n) is 6.70. The van der Waals surface area contributed by atoms with Crippen molar-refractivity contribution >= 4 is 37.7 Å². The minimum atomic E-state index is -3.91. The van der Waals surface area contributed by atoms with Gasteiger partial charge in [0, 0.05) is 21.8 Å². The molecule has 0 spiro atoms.